The molecule has 2 aromatic rings. The number of fused-ring (bicyclic) bond motifs is 2. The van der Waals surface area contributed by atoms with Crippen LogP contribution in [0.2, 0.25) is 0 Å². The van der Waals surface area contributed by atoms with E-state index in [-0.39, 0.29) is 0 Å². The number of rotatable bonds is 4. The minimum absolute atomic E-state index is 0.401. The lowest BCUT2D eigenvalue weighted by molar-refractivity contribution is 0.311. The van der Waals surface area contributed by atoms with Crippen LogP contribution in [0.1, 0.15) is 49.7 Å². The second-order valence-corrected chi connectivity index (χ2v) is 8.88. The first kappa shape index (κ1) is 16.5. The van der Waals surface area contributed by atoms with Gasteiger partial charge in [-0.2, -0.15) is 5.10 Å². The third kappa shape index (κ3) is 2.80. The molecule has 2 atom stereocenters. The molecule has 2 fully saturated rings. The highest BCUT2D eigenvalue weighted by atomic mass is 15.2. The van der Waals surface area contributed by atoms with Crippen LogP contribution in [0.15, 0.2) is 30.6 Å². The number of nitrogens with one attached hydrogen (secondary N) is 1. The lowest BCUT2D eigenvalue weighted by atomic mass is 9.86. The van der Waals surface area contributed by atoms with Gasteiger partial charge in [0.2, 0.25) is 0 Å². The van der Waals surface area contributed by atoms with Crippen LogP contribution in [0.25, 0.3) is 11.1 Å². The van der Waals surface area contributed by atoms with Gasteiger partial charge < -0.3 is 11.1 Å². The Balaban J connectivity index is 1.29. The summed E-state index contributed by atoms with van der Waals surface area (Å²) in [5.41, 5.74) is 12.1. The molecule has 5 rings (SSSR count). The van der Waals surface area contributed by atoms with Crippen LogP contribution in [0.3, 0.4) is 0 Å². The molecule has 0 aliphatic heterocycles. The van der Waals surface area contributed by atoms with Crippen molar-refractivity contribution in [3.8, 4) is 11.1 Å². The van der Waals surface area contributed by atoms with E-state index in [0.29, 0.717) is 17.5 Å². The van der Waals surface area contributed by atoms with Crippen molar-refractivity contribution in [2.24, 2.45) is 18.7 Å². The van der Waals surface area contributed by atoms with E-state index in [1.165, 1.54) is 62.6 Å². The molecular formula is C22H30N4. The first-order valence-corrected chi connectivity index (χ1v) is 10.3. The molecule has 0 bridgehead atoms. The highest BCUT2D eigenvalue weighted by Crippen LogP contribution is 2.57. The summed E-state index contributed by atoms with van der Waals surface area (Å²) in [5.74, 6) is 0.829. The van der Waals surface area contributed by atoms with Crippen molar-refractivity contribution in [1.82, 2.24) is 15.1 Å². The van der Waals surface area contributed by atoms with E-state index >= 15 is 0 Å². The predicted octanol–water partition coefficient (Wildman–Crippen LogP) is 3.15. The van der Waals surface area contributed by atoms with Crippen molar-refractivity contribution in [3.05, 3.63) is 41.7 Å². The zero-order valence-electron chi connectivity index (χ0n) is 15.7. The van der Waals surface area contributed by atoms with Crippen molar-refractivity contribution in [3.63, 3.8) is 0 Å². The fourth-order valence-electron chi connectivity index (χ4n) is 5.35. The van der Waals surface area contributed by atoms with E-state index in [0.717, 1.165) is 5.92 Å². The summed E-state index contributed by atoms with van der Waals surface area (Å²) < 4.78 is 1.88. The molecule has 2 unspecified atom stereocenters. The molecule has 1 aromatic heterocycles. The Morgan fingerprint density at radius 3 is 2.85 bits per heavy atom. The summed E-state index contributed by atoms with van der Waals surface area (Å²) in [7, 11) is 1.98. The van der Waals surface area contributed by atoms with Crippen LogP contribution in [-0.4, -0.2) is 28.4 Å². The maximum atomic E-state index is 6.05. The Morgan fingerprint density at radius 2 is 2.08 bits per heavy atom. The van der Waals surface area contributed by atoms with Gasteiger partial charge in [0, 0.05) is 36.3 Å². The normalized spacial score (nSPS) is 32.8. The van der Waals surface area contributed by atoms with Gasteiger partial charge in [-0.1, -0.05) is 18.2 Å². The molecule has 3 aliphatic rings. The standard InChI is InChI=1S/C22H30N4/c1-26-14-18(13-25-26)17-5-4-16-8-9-22(20(16)10-17)11-21(22)24-12-15-2-6-19(23)7-3-15/h4-5,10,13-15,19,21,24H,2-3,6-9,11-12,23H2,1H3/t15-,19-,21?,22?. The number of nitrogens with two attached hydrogens (primary N) is 1. The molecule has 26 heavy (non-hydrogen) atoms. The van der Waals surface area contributed by atoms with Crippen LogP contribution >= 0.6 is 0 Å². The van der Waals surface area contributed by atoms with E-state index in [1.807, 2.05) is 17.9 Å². The molecule has 138 valence electrons. The second-order valence-electron chi connectivity index (χ2n) is 8.88. The van der Waals surface area contributed by atoms with Crippen LogP contribution in [-0.2, 0) is 18.9 Å². The van der Waals surface area contributed by atoms with Crippen LogP contribution in [0.4, 0.5) is 0 Å². The molecule has 1 spiro atoms. The van der Waals surface area contributed by atoms with Crippen LogP contribution in [0, 0.1) is 5.92 Å². The fraction of sp³-hybridized carbons (Fsp3) is 0.591. The molecule has 0 amide bonds. The highest BCUT2D eigenvalue weighted by molar-refractivity contribution is 5.66. The van der Waals surface area contributed by atoms with E-state index in [1.54, 1.807) is 11.1 Å². The SMILES string of the molecule is Cn1cc(-c2ccc3c(c2)C2(CC3)CC2NC[C@H]2CC[C@H](N)CC2)cn1. The topological polar surface area (TPSA) is 55.9 Å². The molecular weight excluding hydrogens is 320 g/mol. The Morgan fingerprint density at radius 1 is 1.23 bits per heavy atom. The summed E-state index contributed by atoms with van der Waals surface area (Å²) >= 11 is 0. The molecule has 4 nitrogen and oxygen atoms in total. The Bertz CT molecular complexity index is 802. The average molecular weight is 351 g/mol. The van der Waals surface area contributed by atoms with Gasteiger partial charge >= 0.3 is 0 Å². The van der Waals surface area contributed by atoms with Crippen molar-refractivity contribution >= 4 is 0 Å². The van der Waals surface area contributed by atoms with Crippen molar-refractivity contribution < 1.29 is 0 Å². The lowest BCUT2D eigenvalue weighted by Gasteiger charge is -2.26. The maximum absolute atomic E-state index is 6.05. The van der Waals surface area contributed by atoms with Crippen LogP contribution < -0.4 is 11.1 Å². The average Bonchev–Trinajstić information content (AvgIpc) is 2.97. The molecule has 3 aliphatic carbocycles. The minimum atomic E-state index is 0.401. The summed E-state index contributed by atoms with van der Waals surface area (Å²) in [6.45, 7) is 1.18. The molecule has 4 heteroatoms. The molecule has 1 heterocycles. The second kappa shape index (κ2) is 6.21. The number of nitrogens with zero attached hydrogens (tertiary/aromatic N) is 2. The predicted molar refractivity (Wildman–Crippen MR) is 105 cm³/mol. The van der Waals surface area contributed by atoms with Crippen molar-refractivity contribution in [2.75, 3.05) is 6.54 Å². The number of hydrogen-bond donors (Lipinski definition) is 2. The van der Waals surface area contributed by atoms with Crippen LogP contribution in [0.5, 0.6) is 0 Å². The smallest absolute Gasteiger partial charge is 0.0568 e. The van der Waals surface area contributed by atoms with E-state index in [9.17, 15) is 0 Å². The van der Waals surface area contributed by atoms with Crippen molar-refractivity contribution in [2.45, 2.75) is 62.4 Å². The third-order valence-corrected chi connectivity index (χ3v) is 7.14. The summed E-state index contributed by atoms with van der Waals surface area (Å²) in [4.78, 5) is 0. The first-order chi connectivity index (χ1) is 12.6. The zero-order chi connectivity index (χ0) is 17.7. The molecule has 3 N–H and O–H groups in total. The van der Waals surface area contributed by atoms with Gasteiger partial charge in [0.05, 0.1) is 6.20 Å². The molecule has 1 aromatic carbocycles. The minimum Gasteiger partial charge on any atom is -0.328 e. The van der Waals surface area contributed by atoms with Crippen molar-refractivity contribution in [1.29, 1.82) is 0 Å². The quantitative estimate of drug-likeness (QED) is 0.891. The van der Waals surface area contributed by atoms with Gasteiger partial charge in [-0.3, -0.25) is 4.68 Å². The van der Waals surface area contributed by atoms with Gasteiger partial charge in [-0.15, -0.1) is 0 Å². The summed E-state index contributed by atoms with van der Waals surface area (Å²) in [6.07, 6.45) is 13.0. The largest absolute Gasteiger partial charge is 0.328 e. The monoisotopic (exact) mass is 350 g/mol. The Labute approximate surface area is 156 Å². The van der Waals surface area contributed by atoms with E-state index in [2.05, 4.69) is 34.8 Å². The van der Waals surface area contributed by atoms with Gasteiger partial charge in [0.15, 0.2) is 0 Å². The maximum Gasteiger partial charge on any atom is 0.0568 e. The first-order valence-electron chi connectivity index (χ1n) is 10.3. The fourth-order valence-corrected chi connectivity index (χ4v) is 5.35. The lowest BCUT2D eigenvalue weighted by Crippen LogP contribution is -2.34. The number of benzene rings is 1. The van der Waals surface area contributed by atoms with Gasteiger partial charge in [-0.05, 0) is 74.1 Å². The summed E-state index contributed by atoms with van der Waals surface area (Å²) in [6, 6.07) is 8.19. The molecule has 0 saturated heterocycles. The Kier molecular flexibility index (Phi) is 3.94. The number of aryl methyl sites for hydroxylation is 2. The zero-order valence-corrected chi connectivity index (χ0v) is 15.7. The number of aromatic nitrogens is 2. The van der Waals surface area contributed by atoms with Gasteiger partial charge in [0.1, 0.15) is 0 Å². The summed E-state index contributed by atoms with van der Waals surface area (Å²) in [5, 5.41) is 8.26. The highest BCUT2D eigenvalue weighted by Gasteiger charge is 2.57. The number of hydrogen-bond acceptors (Lipinski definition) is 3. The van der Waals surface area contributed by atoms with E-state index < -0.39 is 0 Å². The van der Waals surface area contributed by atoms with Gasteiger partial charge in [-0.25, -0.2) is 0 Å². The third-order valence-electron chi connectivity index (χ3n) is 7.14. The Hall–Kier alpha value is -1.65. The molecule has 0 radical (unpaired) electrons. The molecule has 2 saturated carbocycles. The van der Waals surface area contributed by atoms with Gasteiger partial charge in [0.25, 0.3) is 0 Å². The van der Waals surface area contributed by atoms with E-state index in [4.69, 9.17) is 5.73 Å².